The molecular formula is C25H35N7S. The number of thiophene rings is 1. The predicted octanol–water partition coefficient (Wildman–Crippen LogP) is 3.69. The zero-order valence-corrected chi connectivity index (χ0v) is 20.2. The minimum Gasteiger partial charge on any atom is -0.339 e. The van der Waals surface area contributed by atoms with Gasteiger partial charge < -0.3 is 21.4 Å². The van der Waals surface area contributed by atoms with Crippen LogP contribution in [0.25, 0.3) is 11.1 Å². The summed E-state index contributed by atoms with van der Waals surface area (Å²) in [6, 6.07) is 11.3. The smallest absolute Gasteiger partial charge is 0.147 e. The molecule has 33 heavy (non-hydrogen) atoms. The Morgan fingerprint density at radius 3 is 2.45 bits per heavy atom. The molecule has 5 rings (SSSR count). The van der Waals surface area contributed by atoms with E-state index in [0.717, 1.165) is 42.8 Å². The molecule has 0 saturated heterocycles. The highest BCUT2D eigenvalue weighted by Gasteiger charge is 2.49. The fourth-order valence-electron chi connectivity index (χ4n) is 5.33. The molecule has 8 heteroatoms. The molecule has 2 atom stereocenters. The highest BCUT2D eigenvalue weighted by molar-refractivity contribution is 7.08. The maximum Gasteiger partial charge on any atom is 0.147 e. The Balaban J connectivity index is 1.48. The molecule has 1 aliphatic heterocycles. The number of nitrogens with zero attached hydrogens (tertiary/aromatic N) is 2. The van der Waals surface area contributed by atoms with Crippen molar-refractivity contribution in [2.45, 2.75) is 69.5 Å². The molecule has 3 aromatic rings. The molecule has 0 radical (unpaired) electrons. The minimum atomic E-state index is -0.890. The first-order valence-electron chi connectivity index (χ1n) is 11.9. The Kier molecular flexibility index (Phi) is 5.83. The second-order valence-corrected chi connectivity index (χ2v) is 10.8. The molecule has 1 fully saturated rings. The number of fused-ring (bicyclic) bond motifs is 1. The number of hydrogen-bond acceptors (Lipinski definition) is 7. The average Bonchev–Trinajstić information content (AvgIpc) is 3.45. The van der Waals surface area contributed by atoms with Gasteiger partial charge in [0.15, 0.2) is 0 Å². The third-order valence-corrected chi connectivity index (χ3v) is 7.92. The van der Waals surface area contributed by atoms with Crippen LogP contribution in [-0.4, -0.2) is 21.4 Å². The zero-order chi connectivity index (χ0) is 23.2. The molecule has 2 aliphatic rings. The highest BCUT2D eigenvalue weighted by Crippen LogP contribution is 2.40. The molecule has 0 amide bonds. The van der Waals surface area contributed by atoms with Gasteiger partial charge in [0.25, 0.3) is 0 Å². The van der Waals surface area contributed by atoms with Gasteiger partial charge in [-0.2, -0.15) is 11.3 Å². The average molecular weight is 466 g/mol. The van der Waals surface area contributed by atoms with E-state index in [1.807, 2.05) is 6.33 Å². The summed E-state index contributed by atoms with van der Waals surface area (Å²) in [4.78, 5) is 4.75. The van der Waals surface area contributed by atoms with Gasteiger partial charge in [0.05, 0.1) is 6.33 Å². The summed E-state index contributed by atoms with van der Waals surface area (Å²) in [5.74, 6) is 0.314. The van der Waals surface area contributed by atoms with E-state index < -0.39 is 11.4 Å². The summed E-state index contributed by atoms with van der Waals surface area (Å²) in [6.07, 6.45) is 6.35. The molecular weight excluding hydrogens is 430 g/mol. The topological polar surface area (TPSA) is 120 Å². The molecule has 2 unspecified atom stereocenters. The molecule has 0 bridgehead atoms. The van der Waals surface area contributed by atoms with E-state index in [0.29, 0.717) is 6.42 Å². The normalized spacial score (nSPS) is 29.6. The van der Waals surface area contributed by atoms with Gasteiger partial charge >= 0.3 is 0 Å². The Morgan fingerprint density at radius 2 is 1.82 bits per heavy atom. The molecule has 1 aliphatic carbocycles. The third kappa shape index (κ3) is 4.22. The standard InChI is InChI=1S/C25H35N7S/c1-16(2)32-15-29-22-23(32)30-25(28,20-7-9-21(26)10-8-20)31-24(22,27)13-17-3-5-18(6-4-17)19-11-12-33-14-19/h3-6,11-12,14-16,20-21,30-31H,7-10,13,26-28H2,1-2H3. The van der Waals surface area contributed by atoms with Crippen LogP contribution < -0.4 is 27.8 Å². The quantitative estimate of drug-likeness (QED) is 0.392. The van der Waals surface area contributed by atoms with Crippen molar-refractivity contribution in [3.05, 3.63) is 58.7 Å². The number of hydrogen-bond donors (Lipinski definition) is 5. The molecule has 3 heterocycles. The minimum absolute atomic E-state index is 0.227. The molecule has 0 spiro atoms. The first-order chi connectivity index (χ1) is 15.8. The summed E-state index contributed by atoms with van der Waals surface area (Å²) in [5, 5.41) is 11.5. The Bertz CT molecular complexity index is 1080. The van der Waals surface area contributed by atoms with Crippen molar-refractivity contribution in [3.63, 3.8) is 0 Å². The van der Waals surface area contributed by atoms with Gasteiger partial charge in [0.1, 0.15) is 23.0 Å². The highest BCUT2D eigenvalue weighted by atomic mass is 32.1. The summed E-state index contributed by atoms with van der Waals surface area (Å²) in [6.45, 7) is 4.29. The van der Waals surface area contributed by atoms with Gasteiger partial charge in [-0.1, -0.05) is 24.3 Å². The summed E-state index contributed by atoms with van der Waals surface area (Å²) >= 11 is 1.71. The predicted molar refractivity (Wildman–Crippen MR) is 136 cm³/mol. The van der Waals surface area contributed by atoms with Crippen molar-refractivity contribution in [2.75, 3.05) is 5.32 Å². The van der Waals surface area contributed by atoms with Gasteiger partial charge in [0, 0.05) is 24.4 Å². The van der Waals surface area contributed by atoms with Crippen LogP contribution >= 0.6 is 11.3 Å². The fourth-order valence-corrected chi connectivity index (χ4v) is 6.00. The largest absolute Gasteiger partial charge is 0.339 e. The van der Waals surface area contributed by atoms with E-state index in [9.17, 15) is 0 Å². The van der Waals surface area contributed by atoms with Crippen LogP contribution in [0.5, 0.6) is 0 Å². The lowest BCUT2D eigenvalue weighted by molar-refractivity contribution is 0.117. The molecule has 7 nitrogen and oxygen atoms in total. The van der Waals surface area contributed by atoms with Crippen LogP contribution in [0, 0.1) is 5.92 Å². The molecule has 1 saturated carbocycles. The number of nitrogens with two attached hydrogens (primary N) is 3. The second kappa shape index (κ2) is 8.52. The van der Waals surface area contributed by atoms with E-state index in [-0.39, 0.29) is 18.0 Å². The van der Waals surface area contributed by atoms with Crippen LogP contribution in [0.3, 0.4) is 0 Å². The summed E-state index contributed by atoms with van der Waals surface area (Å²) < 4.78 is 2.13. The SMILES string of the molecule is CC(C)n1cnc2c1NC(N)(C1CCC(N)CC1)NC2(N)Cc1ccc(-c2ccsc2)cc1. The van der Waals surface area contributed by atoms with E-state index in [2.05, 4.69) is 70.1 Å². The summed E-state index contributed by atoms with van der Waals surface area (Å²) in [7, 11) is 0. The van der Waals surface area contributed by atoms with E-state index >= 15 is 0 Å². The Morgan fingerprint density at radius 1 is 1.09 bits per heavy atom. The van der Waals surface area contributed by atoms with Crippen LogP contribution in [0.4, 0.5) is 5.82 Å². The number of imidazole rings is 1. The van der Waals surface area contributed by atoms with Crippen LogP contribution in [0.15, 0.2) is 47.4 Å². The molecule has 8 N–H and O–H groups in total. The summed E-state index contributed by atoms with van der Waals surface area (Å²) in [5.41, 5.74) is 23.9. The van der Waals surface area contributed by atoms with Crippen molar-refractivity contribution < 1.29 is 0 Å². The van der Waals surface area contributed by atoms with Gasteiger partial charge in [-0.3, -0.25) is 11.1 Å². The zero-order valence-electron chi connectivity index (χ0n) is 19.4. The molecule has 176 valence electrons. The number of aromatic nitrogens is 2. The molecule has 1 aromatic carbocycles. The number of rotatable bonds is 5. The Hall–Kier alpha value is -2.23. The number of benzene rings is 1. The van der Waals surface area contributed by atoms with E-state index in [1.54, 1.807) is 11.3 Å². The molecule has 2 aromatic heterocycles. The number of nitrogens with one attached hydrogen (secondary N) is 2. The fraction of sp³-hybridized carbons (Fsp3) is 0.480. The monoisotopic (exact) mass is 465 g/mol. The first kappa shape index (κ1) is 22.6. The first-order valence-corrected chi connectivity index (χ1v) is 12.8. The third-order valence-electron chi connectivity index (χ3n) is 7.23. The van der Waals surface area contributed by atoms with Crippen LogP contribution in [0.2, 0.25) is 0 Å². The van der Waals surface area contributed by atoms with Crippen molar-refractivity contribution in [2.24, 2.45) is 23.1 Å². The van der Waals surface area contributed by atoms with Crippen molar-refractivity contribution >= 4 is 17.2 Å². The van der Waals surface area contributed by atoms with Gasteiger partial charge in [-0.05, 0) is 73.0 Å². The lowest BCUT2D eigenvalue weighted by atomic mass is 9.79. The van der Waals surface area contributed by atoms with Gasteiger partial charge in [0.2, 0.25) is 0 Å². The maximum absolute atomic E-state index is 7.13. The van der Waals surface area contributed by atoms with Crippen molar-refractivity contribution in [1.29, 1.82) is 0 Å². The number of anilines is 1. The maximum atomic E-state index is 7.13. The van der Waals surface area contributed by atoms with E-state index in [4.69, 9.17) is 22.2 Å². The Labute approximate surface area is 199 Å². The van der Waals surface area contributed by atoms with Gasteiger partial charge in [-0.15, -0.1) is 0 Å². The van der Waals surface area contributed by atoms with Crippen molar-refractivity contribution in [3.8, 4) is 11.1 Å². The lowest BCUT2D eigenvalue weighted by Gasteiger charge is -2.50. The van der Waals surface area contributed by atoms with Crippen molar-refractivity contribution in [1.82, 2.24) is 14.9 Å². The second-order valence-electron chi connectivity index (χ2n) is 10.0. The van der Waals surface area contributed by atoms with Gasteiger partial charge in [-0.25, -0.2) is 4.98 Å². The van der Waals surface area contributed by atoms with E-state index in [1.165, 1.54) is 11.1 Å². The lowest BCUT2D eigenvalue weighted by Crippen LogP contribution is -2.75. The van der Waals surface area contributed by atoms with Crippen LogP contribution in [-0.2, 0) is 12.1 Å². The van der Waals surface area contributed by atoms with Crippen LogP contribution in [0.1, 0.15) is 56.8 Å².